The van der Waals surface area contributed by atoms with Gasteiger partial charge in [0.2, 0.25) is 5.95 Å². The Bertz CT molecular complexity index is 916. The summed E-state index contributed by atoms with van der Waals surface area (Å²) in [6, 6.07) is 17.5. The van der Waals surface area contributed by atoms with E-state index >= 15 is 0 Å². The van der Waals surface area contributed by atoms with Crippen molar-refractivity contribution < 1.29 is 4.39 Å². The van der Waals surface area contributed by atoms with Gasteiger partial charge >= 0.3 is 0 Å². The van der Waals surface area contributed by atoms with E-state index in [0.717, 1.165) is 11.4 Å². The topological polar surface area (TPSA) is 73.6 Å². The maximum Gasteiger partial charge on any atom is 0.225 e. The summed E-state index contributed by atoms with van der Waals surface area (Å²) in [5, 5.41) is 15.1. The molecular weight excluding hydrogens is 317 g/mol. The first-order chi connectivity index (χ1) is 12.1. The summed E-state index contributed by atoms with van der Waals surface area (Å²) in [5.41, 5.74) is 2.74. The predicted octanol–water partition coefficient (Wildman–Crippen LogP) is 4.15. The van der Waals surface area contributed by atoms with Crippen LogP contribution in [0.15, 0.2) is 54.6 Å². The quantitative estimate of drug-likeness (QED) is 0.734. The maximum absolute atomic E-state index is 13.7. The van der Waals surface area contributed by atoms with Crippen LogP contribution < -0.4 is 10.6 Å². The molecule has 2 N–H and O–H groups in total. The number of benzene rings is 2. The number of nitrogens with zero attached hydrogens (tertiary/aromatic N) is 3. The summed E-state index contributed by atoms with van der Waals surface area (Å²) in [6.45, 7) is 2.16. The molecular formula is C19H16FN5. The number of aryl methyl sites for hydroxylation is 1. The lowest BCUT2D eigenvalue weighted by atomic mass is 10.2. The molecule has 25 heavy (non-hydrogen) atoms. The molecule has 6 heteroatoms. The van der Waals surface area contributed by atoms with Crippen molar-refractivity contribution in [3.05, 3.63) is 77.2 Å². The number of halogens is 1. The summed E-state index contributed by atoms with van der Waals surface area (Å²) in [4.78, 5) is 8.72. The lowest BCUT2D eigenvalue weighted by Crippen LogP contribution is -2.07. The zero-order chi connectivity index (χ0) is 17.6. The fraction of sp³-hybridized carbons (Fsp3) is 0.105. The minimum Gasteiger partial charge on any atom is -0.350 e. The second-order valence-electron chi connectivity index (χ2n) is 5.48. The molecule has 0 unspecified atom stereocenters. The van der Waals surface area contributed by atoms with Gasteiger partial charge in [-0.05, 0) is 37.3 Å². The fourth-order valence-corrected chi connectivity index (χ4v) is 2.30. The van der Waals surface area contributed by atoms with E-state index < -0.39 is 0 Å². The van der Waals surface area contributed by atoms with E-state index in [4.69, 9.17) is 5.26 Å². The molecule has 1 aromatic heterocycles. The van der Waals surface area contributed by atoms with Gasteiger partial charge in [0.15, 0.2) is 0 Å². The first-order valence-corrected chi connectivity index (χ1v) is 7.74. The third-order valence-corrected chi connectivity index (χ3v) is 3.54. The average molecular weight is 333 g/mol. The van der Waals surface area contributed by atoms with E-state index in [-0.39, 0.29) is 5.82 Å². The summed E-state index contributed by atoms with van der Waals surface area (Å²) in [5.74, 6) is 0.770. The van der Waals surface area contributed by atoms with Crippen LogP contribution in [0.25, 0.3) is 0 Å². The summed E-state index contributed by atoms with van der Waals surface area (Å²) >= 11 is 0. The Kier molecular flexibility index (Phi) is 4.86. The lowest BCUT2D eigenvalue weighted by Gasteiger charge is -2.10. The van der Waals surface area contributed by atoms with Gasteiger partial charge in [-0.1, -0.05) is 18.2 Å². The van der Waals surface area contributed by atoms with Crippen LogP contribution in [0.4, 0.5) is 21.8 Å². The normalized spacial score (nSPS) is 10.1. The highest BCUT2D eigenvalue weighted by Crippen LogP contribution is 2.18. The van der Waals surface area contributed by atoms with Crippen molar-refractivity contribution in [2.45, 2.75) is 13.5 Å². The van der Waals surface area contributed by atoms with Crippen LogP contribution in [0.1, 0.15) is 16.8 Å². The molecule has 0 radical (unpaired) electrons. The Morgan fingerprint density at radius 1 is 1.08 bits per heavy atom. The second kappa shape index (κ2) is 7.41. The molecule has 5 nitrogen and oxygen atoms in total. The van der Waals surface area contributed by atoms with E-state index in [0.29, 0.717) is 29.4 Å². The maximum atomic E-state index is 13.7. The van der Waals surface area contributed by atoms with Crippen molar-refractivity contribution in [1.29, 1.82) is 5.26 Å². The van der Waals surface area contributed by atoms with E-state index in [1.165, 1.54) is 6.07 Å². The van der Waals surface area contributed by atoms with E-state index in [1.54, 1.807) is 30.3 Å². The molecule has 0 amide bonds. The molecule has 0 fully saturated rings. The molecule has 1 heterocycles. The van der Waals surface area contributed by atoms with Gasteiger partial charge in [0.1, 0.15) is 11.6 Å². The summed E-state index contributed by atoms with van der Waals surface area (Å²) in [7, 11) is 0. The highest BCUT2D eigenvalue weighted by atomic mass is 19.1. The number of nitrogens with one attached hydrogen (secondary N) is 2. The van der Waals surface area contributed by atoms with E-state index in [1.807, 2.05) is 25.1 Å². The van der Waals surface area contributed by atoms with Crippen molar-refractivity contribution in [1.82, 2.24) is 9.97 Å². The molecule has 124 valence electrons. The van der Waals surface area contributed by atoms with Gasteiger partial charge in [0.05, 0.1) is 11.6 Å². The SMILES string of the molecule is Cc1cc(Nc2ccc(C#N)cc2)nc(NCc2ccccc2F)n1. The number of hydrogen-bond donors (Lipinski definition) is 2. The van der Waals surface area contributed by atoms with Gasteiger partial charge in [-0.15, -0.1) is 0 Å². The number of rotatable bonds is 5. The first-order valence-electron chi connectivity index (χ1n) is 7.74. The molecule has 0 aliphatic rings. The Hall–Kier alpha value is -3.46. The van der Waals surface area contributed by atoms with Crippen LogP contribution in [-0.4, -0.2) is 9.97 Å². The minimum atomic E-state index is -0.265. The Labute approximate surface area is 145 Å². The van der Waals surface area contributed by atoms with E-state index in [2.05, 4.69) is 26.7 Å². The highest BCUT2D eigenvalue weighted by Gasteiger charge is 2.05. The number of nitriles is 1. The fourth-order valence-electron chi connectivity index (χ4n) is 2.30. The summed E-state index contributed by atoms with van der Waals surface area (Å²) < 4.78 is 13.7. The molecule has 3 rings (SSSR count). The molecule has 3 aromatic rings. The molecule has 0 saturated carbocycles. The second-order valence-corrected chi connectivity index (χ2v) is 5.48. The highest BCUT2D eigenvalue weighted by molar-refractivity contribution is 5.58. The van der Waals surface area contributed by atoms with Crippen LogP contribution in [0, 0.1) is 24.1 Å². The third-order valence-electron chi connectivity index (χ3n) is 3.54. The van der Waals surface area contributed by atoms with Crippen LogP contribution >= 0.6 is 0 Å². The van der Waals surface area contributed by atoms with Crippen molar-refractivity contribution in [2.75, 3.05) is 10.6 Å². The monoisotopic (exact) mass is 333 g/mol. The first kappa shape index (κ1) is 16.4. The number of hydrogen-bond acceptors (Lipinski definition) is 5. The molecule has 0 aliphatic heterocycles. The Morgan fingerprint density at radius 2 is 1.84 bits per heavy atom. The van der Waals surface area contributed by atoms with Gasteiger partial charge in [-0.2, -0.15) is 10.2 Å². The van der Waals surface area contributed by atoms with Crippen molar-refractivity contribution in [3.8, 4) is 6.07 Å². The van der Waals surface area contributed by atoms with Crippen molar-refractivity contribution in [3.63, 3.8) is 0 Å². The van der Waals surface area contributed by atoms with Crippen LogP contribution in [0.2, 0.25) is 0 Å². The Morgan fingerprint density at radius 3 is 2.56 bits per heavy atom. The molecule has 0 aliphatic carbocycles. The number of anilines is 3. The largest absolute Gasteiger partial charge is 0.350 e. The molecule has 0 atom stereocenters. The predicted molar refractivity (Wildman–Crippen MR) is 94.9 cm³/mol. The molecule has 0 spiro atoms. The van der Waals surface area contributed by atoms with Gasteiger partial charge in [-0.3, -0.25) is 0 Å². The standard InChI is InChI=1S/C19H16FN5/c1-13-10-18(24-16-8-6-14(11-21)7-9-16)25-19(23-13)22-12-15-4-2-3-5-17(15)20/h2-10H,12H2,1H3,(H2,22,23,24,25). The third kappa shape index (κ3) is 4.30. The van der Waals surface area contributed by atoms with Crippen molar-refractivity contribution >= 4 is 17.5 Å². The van der Waals surface area contributed by atoms with Crippen molar-refractivity contribution in [2.24, 2.45) is 0 Å². The molecule has 2 aromatic carbocycles. The molecule has 0 bridgehead atoms. The van der Waals surface area contributed by atoms with Gasteiger partial charge in [0, 0.05) is 29.6 Å². The zero-order valence-electron chi connectivity index (χ0n) is 13.6. The lowest BCUT2D eigenvalue weighted by molar-refractivity contribution is 0.612. The van der Waals surface area contributed by atoms with Crippen LogP contribution in [0.3, 0.4) is 0 Å². The van der Waals surface area contributed by atoms with Crippen LogP contribution in [-0.2, 0) is 6.54 Å². The van der Waals surface area contributed by atoms with E-state index in [9.17, 15) is 4.39 Å². The van der Waals surface area contributed by atoms with Gasteiger partial charge in [-0.25, -0.2) is 9.37 Å². The van der Waals surface area contributed by atoms with Gasteiger partial charge < -0.3 is 10.6 Å². The Balaban J connectivity index is 1.73. The summed E-state index contributed by atoms with van der Waals surface area (Å²) in [6.07, 6.45) is 0. The smallest absolute Gasteiger partial charge is 0.225 e. The van der Waals surface area contributed by atoms with Gasteiger partial charge in [0.25, 0.3) is 0 Å². The number of aromatic nitrogens is 2. The minimum absolute atomic E-state index is 0.265. The zero-order valence-corrected chi connectivity index (χ0v) is 13.6. The molecule has 0 saturated heterocycles. The average Bonchev–Trinajstić information content (AvgIpc) is 2.61. The van der Waals surface area contributed by atoms with Crippen LogP contribution in [0.5, 0.6) is 0 Å².